The standard InChI is InChI=1S/C20H20ClN5O2/c1-3-17-15(5-4-10-27)13-23-26(17)20-24-18(21)11-19(25-20)22-12-14-6-8-16(28-2)9-7-14/h4-11,13H,3,12H2,1-2H3,(H,22,24,25). The topological polar surface area (TPSA) is 81.9 Å². The molecule has 2 heterocycles. The molecule has 28 heavy (non-hydrogen) atoms. The molecule has 0 aliphatic carbocycles. The highest BCUT2D eigenvalue weighted by Crippen LogP contribution is 2.19. The Hall–Kier alpha value is -3.19. The molecule has 0 amide bonds. The van der Waals surface area contributed by atoms with Crippen LogP contribution in [-0.4, -0.2) is 33.1 Å². The van der Waals surface area contributed by atoms with Gasteiger partial charge in [-0.15, -0.1) is 0 Å². The van der Waals surface area contributed by atoms with Gasteiger partial charge in [-0.25, -0.2) is 4.68 Å². The van der Waals surface area contributed by atoms with Crippen molar-refractivity contribution in [2.75, 3.05) is 12.4 Å². The van der Waals surface area contributed by atoms with Gasteiger partial charge in [0.2, 0.25) is 0 Å². The summed E-state index contributed by atoms with van der Waals surface area (Å²) < 4.78 is 6.80. The van der Waals surface area contributed by atoms with Crippen LogP contribution in [0.15, 0.2) is 42.6 Å². The van der Waals surface area contributed by atoms with Crippen molar-refractivity contribution in [2.45, 2.75) is 19.9 Å². The van der Waals surface area contributed by atoms with Gasteiger partial charge < -0.3 is 10.1 Å². The molecule has 0 fully saturated rings. The first-order valence-electron chi connectivity index (χ1n) is 8.75. The molecule has 0 unspecified atom stereocenters. The quantitative estimate of drug-likeness (QED) is 0.354. The Kier molecular flexibility index (Phi) is 6.39. The molecule has 0 aliphatic rings. The Labute approximate surface area is 168 Å². The number of rotatable bonds is 8. The Morgan fingerprint density at radius 2 is 2.04 bits per heavy atom. The predicted octanol–water partition coefficient (Wildman–Crippen LogP) is 3.71. The SMILES string of the molecule is CCc1c(C=CC=O)cnn1-c1nc(Cl)cc(NCc2ccc(OC)cc2)n1. The van der Waals surface area contributed by atoms with Crippen LogP contribution in [0.1, 0.15) is 23.7 Å². The predicted molar refractivity (Wildman–Crippen MR) is 109 cm³/mol. The number of carbonyl (C=O) groups excluding carboxylic acids is 1. The molecular weight excluding hydrogens is 378 g/mol. The number of hydrogen-bond donors (Lipinski definition) is 1. The molecule has 144 valence electrons. The second-order valence-corrected chi connectivity index (χ2v) is 6.27. The van der Waals surface area contributed by atoms with E-state index in [0.717, 1.165) is 28.9 Å². The monoisotopic (exact) mass is 397 g/mol. The normalized spacial score (nSPS) is 11.0. The molecule has 7 nitrogen and oxygen atoms in total. The smallest absolute Gasteiger partial charge is 0.254 e. The number of nitrogens with one attached hydrogen (secondary N) is 1. The van der Waals surface area contributed by atoms with Crippen LogP contribution in [0.5, 0.6) is 5.75 Å². The molecule has 0 radical (unpaired) electrons. The molecule has 1 N–H and O–H groups in total. The van der Waals surface area contributed by atoms with E-state index in [1.165, 1.54) is 6.08 Å². The lowest BCUT2D eigenvalue weighted by Gasteiger charge is -2.10. The molecule has 2 aromatic heterocycles. The summed E-state index contributed by atoms with van der Waals surface area (Å²) in [5, 5.41) is 7.91. The molecule has 0 aliphatic heterocycles. The van der Waals surface area contributed by atoms with E-state index in [0.29, 0.717) is 29.9 Å². The third kappa shape index (κ3) is 4.55. The van der Waals surface area contributed by atoms with Gasteiger partial charge in [-0.05, 0) is 36.3 Å². The van der Waals surface area contributed by atoms with E-state index < -0.39 is 0 Å². The minimum absolute atomic E-state index is 0.310. The first-order valence-corrected chi connectivity index (χ1v) is 9.13. The molecule has 3 rings (SSSR count). The summed E-state index contributed by atoms with van der Waals surface area (Å²) in [7, 11) is 1.64. The first-order chi connectivity index (χ1) is 13.6. The van der Waals surface area contributed by atoms with Gasteiger partial charge in [0.05, 0.1) is 19.0 Å². The van der Waals surface area contributed by atoms with E-state index in [1.807, 2.05) is 31.2 Å². The van der Waals surface area contributed by atoms with Crippen LogP contribution < -0.4 is 10.1 Å². The van der Waals surface area contributed by atoms with Crippen molar-refractivity contribution in [3.05, 3.63) is 64.6 Å². The van der Waals surface area contributed by atoms with Gasteiger partial charge in [-0.3, -0.25) is 4.79 Å². The number of halogens is 1. The summed E-state index contributed by atoms with van der Waals surface area (Å²) in [6.07, 6.45) is 6.24. The molecule has 0 saturated carbocycles. The molecule has 0 spiro atoms. The molecular formula is C20H20ClN5O2. The van der Waals surface area contributed by atoms with E-state index in [-0.39, 0.29) is 0 Å². The summed E-state index contributed by atoms with van der Waals surface area (Å²) >= 11 is 6.20. The lowest BCUT2D eigenvalue weighted by atomic mass is 10.2. The van der Waals surface area contributed by atoms with E-state index in [2.05, 4.69) is 20.4 Å². The fourth-order valence-electron chi connectivity index (χ4n) is 2.72. The number of benzene rings is 1. The van der Waals surface area contributed by atoms with E-state index >= 15 is 0 Å². The van der Waals surface area contributed by atoms with Crippen LogP contribution in [0.2, 0.25) is 5.15 Å². The Morgan fingerprint density at radius 1 is 1.25 bits per heavy atom. The molecule has 0 atom stereocenters. The number of hydrogen-bond acceptors (Lipinski definition) is 6. The van der Waals surface area contributed by atoms with E-state index in [1.54, 1.807) is 30.1 Å². The lowest BCUT2D eigenvalue weighted by Crippen LogP contribution is -2.10. The number of aldehydes is 1. The van der Waals surface area contributed by atoms with Gasteiger partial charge in [0.1, 0.15) is 23.0 Å². The van der Waals surface area contributed by atoms with Crippen molar-refractivity contribution >= 4 is 29.8 Å². The minimum atomic E-state index is 0.310. The highest BCUT2D eigenvalue weighted by atomic mass is 35.5. The molecule has 0 saturated heterocycles. The zero-order valence-corrected chi connectivity index (χ0v) is 16.3. The van der Waals surface area contributed by atoms with Crippen molar-refractivity contribution in [1.82, 2.24) is 19.7 Å². The van der Waals surface area contributed by atoms with Gasteiger partial charge >= 0.3 is 0 Å². The van der Waals surface area contributed by atoms with Crippen LogP contribution >= 0.6 is 11.6 Å². The zero-order chi connectivity index (χ0) is 19.9. The fourth-order valence-corrected chi connectivity index (χ4v) is 2.90. The third-order valence-corrected chi connectivity index (χ3v) is 4.29. The summed E-state index contributed by atoms with van der Waals surface area (Å²) in [6.45, 7) is 2.57. The van der Waals surface area contributed by atoms with Crippen LogP contribution in [0.4, 0.5) is 5.82 Å². The van der Waals surface area contributed by atoms with E-state index in [9.17, 15) is 4.79 Å². The maximum atomic E-state index is 10.6. The van der Waals surface area contributed by atoms with Crippen LogP contribution in [0.3, 0.4) is 0 Å². The number of allylic oxidation sites excluding steroid dienone is 1. The number of anilines is 1. The summed E-state index contributed by atoms with van der Waals surface area (Å²) in [6, 6.07) is 9.42. The average Bonchev–Trinajstić information content (AvgIpc) is 3.13. The Bertz CT molecular complexity index is 983. The second-order valence-electron chi connectivity index (χ2n) is 5.88. The molecule has 0 bridgehead atoms. The van der Waals surface area contributed by atoms with Crippen molar-refractivity contribution in [1.29, 1.82) is 0 Å². The molecule has 3 aromatic rings. The number of methoxy groups -OCH3 is 1. The number of nitrogens with zero attached hydrogens (tertiary/aromatic N) is 4. The van der Waals surface area contributed by atoms with Gasteiger partial charge in [0, 0.05) is 18.2 Å². The van der Waals surface area contributed by atoms with Crippen LogP contribution in [-0.2, 0) is 17.8 Å². The molecule has 8 heteroatoms. The Balaban J connectivity index is 1.84. The lowest BCUT2D eigenvalue weighted by molar-refractivity contribution is -0.104. The Morgan fingerprint density at radius 3 is 2.71 bits per heavy atom. The van der Waals surface area contributed by atoms with Crippen molar-refractivity contribution < 1.29 is 9.53 Å². The van der Waals surface area contributed by atoms with Crippen molar-refractivity contribution in [3.63, 3.8) is 0 Å². The van der Waals surface area contributed by atoms with Crippen molar-refractivity contribution in [3.8, 4) is 11.7 Å². The molecule has 1 aromatic carbocycles. The van der Waals surface area contributed by atoms with Gasteiger partial charge in [-0.2, -0.15) is 15.1 Å². The minimum Gasteiger partial charge on any atom is -0.497 e. The van der Waals surface area contributed by atoms with Gasteiger partial charge in [0.15, 0.2) is 0 Å². The highest BCUT2D eigenvalue weighted by Gasteiger charge is 2.13. The maximum Gasteiger partial charge on any atom is 0.254 e. The second kappa shape index (κ2) is 9.14. The van der Waals surface area contributed by atoms with Gasteiger partial charge in [0.25, 0.3) is 5.95 Å². The number of aromatic nitrogens is 4. The third-order valence-electron chi connectivity index (χ3n) is 4.10. The summed E-state index contributed by atoms with van der Waals surface area (Å²) in [4.78, 5) is 19.4. The highest BCUT2D eigenvalue weighted by molar-refractivity contribution is 6.29. The zero-order valence-electron chi connectivity index (χ0n) is 15.6. The summed E-state index contributed by atoms with van der Waals surface area (Å²) in [5.41, 5.74) is 2.80. The fraction of sp³-hybridized carbons (Fsp3) is 0.200. The number of ether oxygens (including phenoxy) is 1. The van der Waals surface area contributed by atoms with Gasteiger partial charge in [-0.1, -0.05) is 30.7 Å². The largest absolute Gasteiger partial charge is 0.497 e. The first kappa shape index (κ1) is 19.6. The summed E-state index contributed by atoms with van der Waals surface area (Å²) in [5.74, 6) is 1.77. The average molecular weight is 398 g/mol. The van der Waals surface area contributed by atoms with Crippen LogP contribution in [0, 0.1) is 0 Å². The van der Waals surface area contributed by atoms with Crippen molar-refractivity contribution in [2.24, 2.45) is 0 Å². The van der Waals surface area contributed by atoms with Crippen LogP contribution in [0.25, 0.3) is 12.0 Å². The van der Waals surface area contributed by atoms with E-state index in [4.69, 9.17) is 16.3 Å². The maximum absolute atomic E-state index is 10.6. The number of carbonyl (C=O) groups is 1.